The second kappa shape index (κ2) is 9.34. The highest BCUT2D eigenvalue weighted by Crippen LogP contribution is 2.34. The Morgan fingerprint density at radius 2 is 1.82 bits per heavy atom. The molecular formula is C22H14ClF4N3O3. The fourth-order valence-electron chi connectivity index (χ4n) is 2.99. The van der Waals surface area contributed by atoms with Crippen LogP contribution in [0.15, 0.2) is 59.5 Å². The maximum absolute atomic E-state index is 14.8. The van der Waals surface area contributed by atoms with Crippen LogP contribution >= 0.6 is 11.6 Å². The quantitative estimate of drug-likeness (QED) is 0.511. The molecule has 0 aliphatic rings. The van der Waals surface area contributed by atoms with E-state index >= 15 is 0 Å². The molecule has 1 aromatic heterocycles. The van der Waals surface area contributed by atoms with Gasteiger partial charge in [0.2, 0.25) is 0 Å². The minimum Gasteiger partial charge on any atom is -0.495 e. The number of halogens is 5. The molecule has 0 bridgehead atoms. The number of anilines is 1. The zero-order chi connectivity index (χ0) is 24.3. The van der Waals surface area contributed by atoms with Crippen molar-refractivity contribution in [2.24, 2.45) is 0 Å². The molecule has 2 aromatic carbocycles. The number of hydrogen-bond donors (Lipinski definition) is 1. The van der Waals surface area contributed by atoms with E-state index in [9.17, 15) is 32.4 Å². The predicted molar refractivity (Wildman–Crippen MR) is 113 cm³/mol. The summed E-state index contributed by atoms with van der Waals surface area (Å²) in [5, 5.41) is 11.7. The van der Waals surface area contributed by atoms with Gasteiger partial charge in [-0.1, -0.05) is 11.6 Å². The number of nitriles is 1. The van der Waals surface area contributed by atoms with Gasteiger partial charge >= 0.3 is 6.18 Å². The molecule has 0 spiro atoms. The van der Waals surface area contributed by atoms with Crippen LogP contribution in [0.5, 0.6) is 5.75 Å². The predicted octanol–water partition coefficient (Wildman–Crippen LogP) is 5.17. The molecule has 0 radical (unpaired) electrons. The van der Waals surface area contributed by atoms with Gasteiger partial charge in [-0.3, -0.25) is 14.2 Å². The molecule has 1 unspecified atom stereocenters. The lowest BCUT2D eigenvalue weighted by molar-refractivity contribution is -0.137. The van der Waals surface area contributed by atoms with E-state index in [1.54, 1.807) is 0 Å². The topological polar surface area (TPSA) is 84.1 Å². The number of carbonyl (C=O) groups excluding carboxylic acids is 1. The summed E-state index contributed by atoms with van der Waals surface area (Å²) in [4.78, 5) is 24.8. The Balaban J connectivity index is 1.92. The fourth-order valence-corrected chi connectivity index (χ4v) is 3.16. The Morgan fingerprint density at radius 1 is 1.15 bits per heavy atom. The molecule has 33 heavy (non-hydrogen) atoms. The van der Waals surface area contributed by atoms with E-state index in [1.807, 2.05) is 6.07 Å². The molecule has 170 valence electrons. The highest BCUT2D eigenvalue weighted by atomic mass is 35.5. The van der Waals surface area contributed by atoms with E-state index in [2.05, 4.69) is 5.32 Å². The molecule has 0 saturated heterocycles. The van der Waals surface area contributed by atoms with Crippen molar-refractivity contribution in [3.05, 3.63) is 81.2 Å². The van der Waals surface area contributed by atoms with E-state index in [0.29, 0.717) is 4.57 Å². The van der Waals surface area contributed by atoms with Gasteiger partial charge in [0, 0.05) is 27.9 Å². The third-order valence-electron chi connectivity index (χ3n) is 4.60. The maximum Gasteiger partial charge on any atom is 0.416 e. The fraction of sp³-hybridized carbons (Fsp3) is 0.136. The van der Waals surface area contributed by atoms with Gasteiger partial charge < -0.3 is 10.1 Å². The van der Waals surface area contributed by atoms with Crippen LogP contribution in [-0.2, 0) is 11.0 Å². The third kappa shape index (κ3) is 5.15. The van der Waals surface area contributed by atoms with Crippen molar-refractivity contribution in [2.45, 2.75) is 12.5 Å². The van der Waals surface area contributed by atoms with Gasteiger partial charge in [-0.25, -0.2) is 4.39 Å². The number of amides is 1. The monoisotopic (exact) mass is 479 g/mol. The number of benzene rings is 2. The molecular weight excluding hydrogens is 466 g/mol. The first-order valence-corrected chi connectivity index (χ1v) is 9.55. The molecule has 3 rings (SSSR count). The average molecular weight is 480 g/mol. The Bertz CT molecular complexity index is 1300. The first-order valence-electron chi connectivity index (χ1n) is 9.17. The van der Waals surface area contributed by atoms with Crippen molar-refractivity contribution in [3.8, 4) is 22.9 Å². The zero-order valence-electron chi connectivity index (χ0n) is 16.8. The third-order valence-corrected chi connectivity index (χ3v) is 4.83. The number of pyridine rings is 1. The SMILES string of the molecule is COc1cn(C(F)C(=O)Nc2ccc(C(F)(F)F)cc2)c(=O)cc1-c1cc(Cl)ccc1C#N. The Kier molecular flexibility index (Phi) is 6.74. The van der Waals surface area contributed by atoms with Crippen LogP contribution in [0, 0.1) is 11.3 Å². The van der Waals surface area contributed by atoms with Crippen LogP contribution in [-0.4, -0.2) is 17.6 Å². The van der Waals surface area contributed by atoms with Crippen LogP contribution < -0.4 is 15.6 Å². The molecule has 1 atom stereocenters. The van der Waals surface area contributed by atoms with Gasteiger partial charge in [0.05, 0.1) is 30.5 Å². The van der Waals surface area contributed by atoms with Gasteiger partial charge in [-0.15, -0.1) is 0 Å². The summed E-state index contributed by atoms with van der Waals surface area (Å²) in [6.45, 7) is 0. The number of aromatic nitrogens is 1. The number of nitrogens with one attached hydrogen (secondary N) is 1. The van der Waals surface area contributed by atoms with E-state index in [-0.39, 0.29) is 33.1 Å². The summed E-state index contributed by atoms with van der Waals surface area (Å²) >= 11 is 5.99. The van der Waals surface area contributed by atoms with Gasteiger partial charge in [0.25, 0.3) is 17.8 Å². The van der Waals surface area contributed by atoms with Crippen molar-refractivity contribution in [1.29, 1.82) is 5.26 Å². The van der Waals surface area contributed by atoms with Gasteiger partial charge in [0.15, 0.2) is 0 Å². The summed E-state index contributed by atoms with van der Waals surface area (Å²) < 4.78 is 58.5. The Hall–Kier alpha value is -3.84. The zero-order valence-corrected chi connectivity index (χ0v) is 17.5. The standard InChI is InChI=1S/C22H14ClF4N3O3/c1-33-18-11-30(19(31)9-17(18)16-8-14(23)5-2-12(16)10-28)20(24)21(32)29-15-6-3-13(4-7-15)22(25,26)27/h2-9,11,20H,1H3,(H,29,32). The van der Waals surface area contributed by atoms with E-state index in [1.165, 1.54) is 25.3 Å². The number of alkyl halides is 4. The molecule has 11 heteroatoms. The maximum atomic E-state index is 14.8. The van der Waals surface area contributed by atoms with Crippen LogP contribution in [0.4, 0.5) is 23.2 Å². The summed E-state index contributed by atoms with van der Waals surface area (Å²) in [6.07, 6.45) is -6.13. The lowest BCUT2D eigenvalue weighted by Crippen LogP contribution is -2.30. The number of carbonyl (C=O) groups is 1. The van der Waals surface area contributed by atoms with Crippen LogP contribution in [0.2, 0.25) is 5.02 Å². The summed E-state index contributed by atoms with van der Waals surface area (Å²) in [7, 11) is 1.25. The highest BCUT2D eigenvalue weighted by Gasteiger charge is 2.30. The van der Waals surface area contributed by atoms with Crippen LogP contribution in [0.25, 0.3) is 11.1 Å². The number of methoxy groups -OCH3 is 1. The highest BCUT2D eigenvalue weighted by molar-refractivity contribution is 6.31. The molecule has 0 fully saturated rings. The number of nitrogens with zero attached hydrogens (tertiary/aromatic N) is 2. The molecule has 0 saturated carbocycles. The first kappa shape index (κ1) is 23.8. The number of ether oxygens (including phenoxy) is 1. The molecule has 0 aliphatic heterocycles. The second-order valence-electron chi connectivity index (χ2n) is 6.70. The van der Waals surface area contributed by atoms with E-state index in [0.717, 1.165) is 36.5 Å². The minimum absolute atomic E-state index is 0.0154. The number of hydrogen-bond acceptors (Lipinski definition) is 4. The molecule has 3 aromatic rings. The van der Waals surface area contributed by atoms with Crippen molar-refractivity contribution >= 4 is 23.2 Å². The Morgan fingerprint density at radius 3 is 2.39 bits per heavy atom. The van der Waals surface area contributed by atoms with Crippen molar-refractivity contribution in [1.82, 2.24) is 4.57 Å². The molecule has 1 heterocycles. The summed E-state index contributed by atoms with van der Waals surface area (Å²) in [5.41, 5.74) is -1.34. The van der Waals surface area contributed by atoms with Gasteiger partial charge in [-0.05, 0) is 42.5 Å². The van der Waals surface area contributed by atoms with Crippen molar-refractivity contribution < 1.29 is 27.1 Å². The average Bonchev–Trinajstić information content (AvgIpc) is 2.78. The largest absolute Gasteiger partial charge is 0.495 e. The van der Waals surface area contributed by atoms with Crippen LogP contribution in [0.1, 0.15) is 17.4 Å². The lowest BCUT2D eigenvalue weighted by Gasteiger charge is -2.16. The van der Waals surface area contributed by atoms with E-state index in [4.69, 9.17) is 16.3 Å². The Labute approximate surface area is 189 Å². The van der Waals surface area contributed by atoms with Crippen molar-refractivity contribution in [2.75, 3.05) is 12.4 Å². The van der Waals surface area contributed by atoms with Gasteiger partial charge in [0.1, 0.15) is 5.75 Å². The number of rotatable bonds is 5. The van der Waals surface area contributed by atoms with Crippen LogP contribution in [0.3, 0.4) is 0 Å². The first-order chi connectivity index (χ1) is 15.5. The van der Waals surface area contributed by atoms with Gasteiger partial charge in [-0.2, -0.15) is 18.4 Å². The second-order valence-corrected chi connectivity index (χ2v) is 7.14. The summed E-state index contributed by atoms with van der Waals surface area (Å²) in [5.74, 6) is -1.30. The lowest BCUT2D eigenvalue weighted by atomic mass is 10.0. The van der Waals surface area contributed by atoms with Crippen molar-refractivity contribution in [3.63, 3.8) is 0 Å². The smallest absolute Gasteiger partial charge is 0.416 e. The molecule has 1 amide bonds. The molecule has 1 N–H and O–H groups in total. The van der Waals surface area contributed by atoms with E-state index < -0.39 is 29.5 Å². The molecule has 6 nitrogen and oxygen atoms in total. The minimum atomic E-state index is -4.56. The summed E-state index contributed by atoms with van der Waals surface area (Å²) in [6, 6.07) is 10.7. The normalized spacial score (nSPS) is 12.0. The molecule has 0 aliphatic carbocycles.